The summed E-state index contributed by atoms with van der Waals surface area (Å²) >= 11 is 3.49. The molecule has 22 heavy (non-hydrogen) atoms. The molecule has 0 saturated heterocycles. The second-order valence-electron chi connectivity index (χ2n) is 6.78. The van der Waals surface area contributed by atoms with Crippen LogP contribution in [-0.4, -0.2) is 20.5 Å². The normalized spacial score (nSPS) is 11.4. The van der Waals surface area contributed by atoms with Crippen LogP contribution in [0.3, 0.4) is 0 Å². The van der Waals surface area contributed by atoms with E-state index in [0.717, 1.165) is 10.2 Å². The van der Waals surface area contributed by atoms with Crippen molar-refractivity contribution < 1.29 is 4.79 Å². The van der Waals surface area contributed by atoms with Gasteiger partial charge in [0.15, 0.2) is 0 Å². The second kappa shape index (κ2) is 7.30. The number of carbonyl (C=O) groups is 1. The van der Waals surface area contributed by atoms with Crippen LogP contribution >= 0.6 is 15.9 Å². The van der Waals surface area contributed by atoms with Gasteiger partial charge in [-0.3, -0.25) is 9.69 Å². The highest BCUT2D eigenvalue weighted by Crippen LogP contribution is 2.35. The predicted octanol–water partition coefficient (Wildman–Crippen LogP) is 5.02. The zero-order chi connectivity index (χ0) is 17.0. The number of hydrogen-bond acceptors (Lipinski definition) is 1. The Kier molecular flexibility index (Phi) is 6.22. The highest BCUT2D eigenvalue weighted by atomic mass is 79.9. The Hall–Kier alpha value is -1.31. The second-order valence-corrected chi connectivity index (χ2v) is 12.6. The van der Waals surface area contributed by atoms with Gasteiger partial charge in [-0.2, -0.15) is 0 Å². The number of nitrogens with zero attached hydrogens (tertiary/aromatic N) is 1. The number of amides is 1. The first kappa shape index (κ1) is 18.7. The van der Waals surface area contributed by atoms with Gasteiger partial charge in [0, 0.05) is 11.0 Å². The summed E-state index contributed by atoms with van der Waals surface area (Å²) in [6, 6.07) is 7.65. The lowest BCUT2D eigenvalue weighted by molar-refractivity contribution is -0.113. The first-order valence-electron chi connectivity index (χ1n) is 7.30. The lowest BCUT2D eigenvalue weighted by Crippen LogP contribution is -2.37. The van der Waals surface area contributed by atoms with Crippen LogP contribution in [0.25, 0.3) is 0 Å². The Bertz CT molecular complexity index is 620. The van der Waals surface area contributed by atoms with Crippen molar-refractivity contribution >= 4 is 35.6 Å². The number of anilines is 1. The van der Waals surface area contributed by atoms with Gasteiger partial charge in [-0.25, -0.2) is 0 Å². The first-order chi connectivity index (χ1) is 10.1. The molecule has 2 nitrogen and oxygen atoms in total. The summed E-state index contributed by atoms with van der Waals surface area (Å²) in [6.07, 6.45) is 1.71. The van der Waals surface area contributed by atoms with E-state index in [9.17, 15) is 4.79 Å². The summed E-state index contributed by atoms with van der Waals surface area (Å²) in [7, 11) is -1.80. The summed E-state index contributed by atoms with van der Waals surface area (Å²) in [5.41, 5.74) is 4.09. The van der Waals surface area contributed by atoms with Crippen molar-refractivity contribution in [3.8, 4) is 11.5 Å². The van der Waals surface area contributed by atoms with Crippen LogP contribution in [0.1, 0.15) is 20.8 Å². The SMILES string of the molecule is C=CCN(C(=O)C#C[Si](C)(C)C(C)(C)C)c1ccccc1Br. The molecule has 0 spiro atoms. The largest absolute Gasteiger partial charge is 0.302 e. The Balaban J connectivity index is 3.13. The summed E-state index contributed by atoms with van der Waals surface area (Å²) in [5.74, 6) is 2.69. The Morgan fingerprint density at radius 2 is 1.95 bits per heavy atom. The van der Waals surface area contributed by atoms with E-state index in [1.165, 1.54) is 0 Å². The number of benzene rings is 1. The van der Waals surface area contributed by atoms with Gasteiger partial charge >= 0.3 is 5.91 Å². The molecule has 0 heterocycles. The summed E-state index contributed by atoms with van der Waals surface area (Å²) in [6.45, 7) is 15.1. The molecule has 0 unspecified atom stereocenters. The fourth-order valence-corrected chi connectivity index (χ4v) is 2.85. The van der Waals surface area contributed by atoms with Crippen LogP contribution in [0.15, 0.2) is 41.4 Å². The maximum atomic E-state index is 12.6. The Labute approximate surface area is 143 Å². The molecule has 1 aromatic carbocycles. The lowest BCUT2D eigenvalue weighted by atomic mass is 10.2. The van der Waals surface area contributed by atoms with E-state index in [-0.39, 0.29) is 10.9 Å². The number of hydrogen-bond donors (Lipinski definition) is 0. The van der Waals surface area contributed by atoms with Gasteiger partial charge in [-0.15, -0.1) is 12.1 Å². The quantitative estimate of drug-likeness (QED) is 0.411. The molecule has 0 fully saturated rings. The van der Waals surface area contributed by atoms with Crippen molar-refractivity contribution in [1.82, 2.24) is 0 Å². The minimum atomic E-state index is -1.80. The summed E-state index contributed by atoms with van der Waals surface area (Å²) in [4.78, 5) is 14.2. The number of halogens is 1. The van der Waals surface area contributed by atoms with Crippen molar-refractivity contribution in [3.05, 3.63) is 41.4 Å². The molecule has 0 bridgehead atoms. The van der Waals surface area contributed by atoms with E-state index < -0.39 is 8.07 Å². The van der Waals surface area contributed by atoms with Crippen molar-refractivity contribution in [2.45, 2.75) is 38.9 Å². The average Bonchev–Trinajstić information content (AvgIpc) is 2.42. The fraction of sp³-hybridized carbons (Fsp3) is 0.389. The molecular formula is C18H24BrNOSi. The zero-order valence-corrected chi connectivity index (χ0v) is 16.6. The molecule has 0 aliphatic carbocycles. The minimum Gasteiger partial charge on any atom is -0.297 e. The third-order valence-corrected chi connectivity index (χ3v) is 9.23. The third kappa shape index (κ3) is 4.59. The van der Waals surface area contributed by atoms with Crippen LogP contribution in [0.2, 0.25) is 18.1 Å². The molecule has 0 N–H and O–H groups in total. The Morgan fingerprint density at radius 3 is 2.45 bits per heavy atom. The number of carbonyl (C=O) groups excluding carboxylic acids is 1. The smallest absolute Gasteiger partial charge is 0.297 e. The third-order valence-electron chi connectivity index (χ3n) is 4.06. The van der Waals surface area contributed by atoms with Crippen LogP contribution < -0.4 is 4.90 Å². The van der Waals surface area contributed by atoms with E-state index in [1.54, 1.807) is 11.0 Å². The number of para-hydroxylation sites is 1. The molecule has 1 amide bonds. The maximum Gasteiger partial charge on any atom is 0.302 e. The maximum absolute atomic E-state index is 12.6. The van der Waals surface area contributed by atoms with E-state index in [0.29, 0.717) is 6.54 Å². The Morgan fingerprint density at radius 1 is 1.36 bits per heavy atom. The van der Waals surface area contributed by atoms with Crippen molar-refractivity contribution in [1.29, 1.82) is 0 Å². The molecule has 118 valence electrons. The summed E-state index contributed by atoms with van der Waals surface area (Å²) < 4.78 is 0.874. The van der Waals surface area contributed by atoms with Crippen molar-refractivity contribution in [2.75, 3.05) is 11.4 Å². The first-order valence-corrected chi connectivity index (χ1v) is 11.1. The van der Waals surface area contributed by atoms with E-state index in [4.69, 9.17) is 0 Å². The molecule has 4 heteroatoms. The van der Waals surface area contributed by atoms with Gasteiger partial charge in [-0.1, -0.05) is 52.1 Å². The average molecular weight is 378 g/mol. The highest BCUT2D eigenvalue weighted by molar-refractivity contribution is 9.10. The summed E-state index contributed by atoms with van der Waals surface area (Å²) in [5, 5.41) is 0.136. The number of rotatable bonds is 3. The van der Waals surface area contributed by atoms with Crippen LogP contribution in [-0.2, 0) is 4.79 Å². The predicted molar refractivity (Wildman–Crippen MR) is 102 cm³/mol. The standard InChI is InChI=1S/C18H24BrNOSi/c1-7-13-20(16-11-9-8-10-15(16)19)17(21)12-14-22(5,6)18(2,3)4/h7-11H,1,13H2,2-6H3. The molecule has 1 rings (SSSR count). The van der Waals surface area contributed by atoms with Crippen molar-refractivity contribution in [3.63, 3.8) is 0 Å². The van der Waals surface area contributed by atoms with E-state index >= 15 is 0 Å². The minimum absolute atomic E-state index is 0.136. The molecule has 1 aromatic rings. The van der Waals surface area contributed by atoms with E-state index in [1.807, 2.05) is 24.3 Å². The van der Waals surface area contributed by atoms with Gasteiger partial charge in [0.25, 0.3) is 0 Å². The van der Waals surface area contributed by atoms with Crippen molar-refractivity contribution in [2.24, 2.45) is 0 Å². The molecule has 0 atom stereocenters. The molecular weight excluding hydrogens is 354 g/mol. The zero-order valence-electron chi connectivity index (χ0n) is 14.0. The topological polar surface area (TPSA) is 20.3 Å². The lowest BCUT2D eigenvalue weighted by Gasteiger charge is -2.31. The molecule has 0 aliphatic rings. The van der Waals surface area contributed by atoms with Gasteiger partial charge in [0.1, 0.15) is 8.07 Å². The molecule has 0 saturated carbocycles. The molecule has 0 aliphatic heterocycles. The van der Waals surface area contributed by atoms with Gasteiger partial charge < -0.3 is 0 Å². The van der Waals surface area contributed by atoms with Crippen LogP contribution in [0.5, 0.6) is 0 Å². The van der Waals surface area contributed by atoms with Crippen LogP contribution in [0, 0.1) is 11.5 Å². The molecule has 0 aromatic heterocycles. The van der Waals surface area contributed by atoms with E-state index in [2.05, 4.69) is 67.8 Å². The monoisotopic (exact) mass is 377 g/mol. The van der Waals surface area contributed by atoms with Gasteiger partial charge in [0.05, 0.1) is 5.69 Å². The van der Waals surface area contributed by atoms with Gasteiger partial charge in [-0.05, 0) is 39.0 Å². The van der Waals surface area contributed by atoms with Crippen LogP contribution in [0.4, 0.5) is 5.69 Å². The molecule has 0 radical (unpaired) electrons. The fourth-order valence-electron chi connectivity index (χ4n) is 1.56. The van der Waals surface area contributed by atoms with Gasteiger partial charge in [0.2, 0.25) is 0 Å². The highest BCUT2D eigenvalue weighted by Gasteiger charge is 2.34.